The van der Waals surface area contributed by atoms with Crippen molar-refractivity contribution in [2.75, 3.05) is 19.6 Å². The first-order valence-electron chi connectivity index (χ1n) is 7.64. The molecule has 130 valence electrons. The molecule has 1 heterocycles. The molecule has 1 rings (SSSR count). The van der Waals surface area contributed by atoms with Crippen molar-refractivity contribution in [2.45, 2.75) is 39.3 Å². The summed E-state index contributed by atoms with van der Waals surface area (Å²) in [5.41, 5.74) is 5.87. The van der Waals surface area contributed by atoms with Gasteiger partial charge in [0.15, 0.2) is 0 Å². The summed E-state index contributed by atoms with van der Waals surface area (Å²) in [6.45, 7) is 8.04. The van der Waals surface area contributed by atoms with Crippen molar-refractivity contribution in [3.05, 3.63) is 23.4 Å². The van der Waals surface area contributed by atoms with Crippen molar-refractivity contribution in [1.82, 2.24) is 4.90 Å². The van der Waals surface area contributed by atoms with E-state index in [-0.39, 0.29) is 11.8 Å². The Labute approximate surface area is 134 Å². The SMILES string of the molecule is C=C(C=NC1=C(C)CN(C(=O)[C@H](C)CCCN)CC1)C(F)(F)F. The van der Waals surface area contributed by atoms with Gasteiger partial charge >= 0.3 is 6.18 Å². The third kappa shape index (κ3) is 5.82. The maximum Gasteiger partial charge on any atom is 0.417 e. The van der Waals surface area contributed by atoms with Crippen molar-refractivity contribution in [1.29, 1.82) is 0 Å². The van der Waals surface area contributed by atoms with Gasteiger partial charge in [-0.2, -0.15) is 13.2 Å². The molecule has 0 aliphatic carbocycles. The molecular formula is C16H24F3N3O. The highest BCUT2D eigenvalue weighted by Crippen LogP contribution is 2.25. The first-order chi connectivity index (χ1) is 10.7. The van der Waals surface area contributed by atoms with Gasteiger partial charge in [0.2, 0.25) is 5.91 Å². The molecular weight excluding hydrogens is 307 g/mol. The Morgan fingerprint density at radius 1 is 1.52 bits per heavy atom. The fraction of sp³-hybridized carbons (Fsp3) is 0.625. The number of aliphatic imine (C=N–C) groups is 1. The number of nitrogens with two attached hydrogens (primary N) is 1. The summed E-state index contributed by atoms with van der Waals surface area (Å²) in [6, 6.07) is 0. The van der Waals surface area contributed by atoms with Gasteiger partial charge in [-0.25, -0.2) is 0 Å². The fourth-order valence-electron chi connectivity index (χ4n) is 2.36. The van der Waals surface area contributed by atoms with Crippen LogP contribution in [0.15, 0.2) is 28.4 Å². The molecule has 0 aromatic rings. The second-order valence-electron chi connectivity index (χ2n) is 5.85. The second-order valence-corrected chi connectivity index (χ2v) is 5.85. The first-order valence-corrected chi connectivity index (χ1v) is 7.64. The highest BCUT2D eigenvalue weighted by atomic mass is 19.4. The molecule has 0 fully saturated rings. The van der Waals surface area contributed by atoms with Gasteiger partial charge in [0.25, 0.3) is 0 Å². The molecule has 2 N–H and O–H groups in total. The highest BCUT2D eigenvalue weighted by molar-refractivity contribution is 5.81. The molecule has 4 nitrogen and oxygen atoms in total. The summed E-state index contributed by atoms with van der Waals surface area (Å²) in [7, 11) is 0. The fourth-order valence-corrected chi connectivity index (χ4v) is 2.36. The van der Waals surface area contributed by atoms with Gasteiger partial charge in [-0.05, 0) is 31.9 Å². The topological polar surface area (TPSA) is 58.7 Å². The summed E-state index contributed by atoms with van der Waals surface area (Å²) in [5.74, 6) is -0.0399. The van der Waals surface area contributed by atoms with E-state index in [1.807, 2.05) is 6.92 Å². The van der Waals surface area contributed by atoms with E-state index in [2.05, 4.69) is 11.6 Å². The van der Waals surface area contributed by atoms with Crippen LogP contribution in [0.3, 0.4) is 0 Å². The van der Waals surface area contributed by atoms with E-state index in [0.717, 1.165) is 24.6 Å². The van der Waals surface area contributed by atoms with Crippen LogP contribution in [0.5, 0.6) is 0 Å². The smallest absolute Gasteiger partial charge is 0.338 e. The normalized spacial score (nSPS) is 17.7. The van der Waals surface area contributed by atoms with Gasteiger partial charge in [0, 0.05) is 37.3 Å². The van der Waals surface area contributed by atoms with Crippen molar-refractivity contribution < 1.29 is 18.0 Å². The third-order valence-electron chi connectivity index (χ3n) is 3.85. The Morgan fingerprint density at radius 2 is 2.17 bits per heavy atom. The van der Waals surface area contributed by atoms with E-state index in [4.69, 9.17) is 5.73 Å². The van der Waals surface area contributed by atoms with E-state index in [1.54, 1.807) is 11.8 Å². The number of hydrogen-bond donors (Lipinski definition) is 1. The minimum absolute atomic E-state index is 0.0560. The van der Waals surface area contributed by atoms with Crippen molar-refractivity contribution in [3.63, 3.8) is 0 Å². The zero-order valence-corrected chi connectivity index (χ0v) is 13.6. The van der Waals surface area contributed by atoms with Crippen LogP contribution < -0.4 is 5.73 Å². The van der Waals surface area contributed by atoms with Crippen LogP contribution in [0, 0.1) is 5.92 Å². The van der Waals surface area contributed by atoms with E-state index < -0.39 is 11.7 Å². The van der Waals surface area contributed by atoms with Crippen LogP contribution in [0.25, 0.3) is 0 Å². The Hall–Kier alpha value is -1.63. The molecule has 0 aromatic carbocycles. The number of carbonyl (C=O) groups excluding carboxylic acids is 1. The van der Waals surface area contributed by atoms with E-state index in [1.165, 1.54) is 0 Å². The molecule has 0 unspecified atom stereocenters. The lowest BCUT2D eigenvalue weighted by atomic mass is 10.0. The standard InChI is InChI=1S/C16H24F3N3O/c1-11(5-4-7-20)15(23)22-8-6-14(12(2)10-22)21-9-13(3)16(17,18)19/h9,11H,3-8,10,20H2,1-2H3/t11-/m1/s1. The van der Waals surface area contributed by atoms with Gasteiger partial charge in [0.1, 0.15) is 0 Å². The van der Waals surface area contributed by atoms with E-state index in [9.17, 15) is 18.0 Å². The van der Waals surface area contributed by atoms with Crippen LogP contribution in [0.1, 0.15) is 33.1 Å². The highest BCUT2D eigenvalue weighted by Gasteiger charge is 2.31. The molecule has 7 heteroatoms. The molecule has 0 saturated heterocycles. The molecule has 0 spiro atoms. The largest absolute Gasteiger partial charge is 0.417 e. The van der Waals surface area contributed by atoms with E-state index >= 15 is 0 Å². The number of amides is 1. The minimum Gasteiger partial charge on any atom is -0.338 e. The molecule has 1 aliphatic heterocycles. The third-order valence-corrected chi connectivity index (χ3v) is 3.85. The molecule has 0 bridgehead atoms. The Bertz CT molecular complexity index is 509. The summed E-state index contributed by atoms with van der Waals surface area (Å²) in [4.78, 5) is 17.9. The molecule has 1 atom stereocenters. The van der Waals surface area contributed by atoms with Gasteiger partial charge < -0.3 is 10.6 Å². The lowest BCUT2D eigenvalue weighted by Crippen LogP contribution is -2.39. The van der Waals surface area contributed by atoms with Crippen molar-refractivity contribution >= 4 is 12.1 Å². The number of rotatable bonds is 6. The predicted octanol–water partition coefficient (Wildman–Crippen LogP) is 3.06. The summed E-state index contributed by atoms with van der Waals surface area (Å²) >= 11 is 0. The number of allylic oxidation sites excluding steroid dienone is 1. The summed E-state index contributed by atoms with van der Waals surface area (Å²) < 4.78 is 37.2. The average Bonchev–Trinajstić information content (AvgIpc) is 2.49. The van der Waals surface area contributed by atoms with Crippen LogP contribution >= 0.6 is 0 Å². The Balaban J connectivity index is 2.68. The Morgan fingerprint density at radius 3 is 2.70 bits per heavy atom. The molecule has 23 heavy (non-hydrogen) atoms. The quantitative estimate of drug-likeness (QED) is 0.761. The maximum atomic E-state index is 12.4. The lowest BCUT2D eigenvalue weighted by molar-refractivity contribution is -0.135. The average molecular weight is 331 g/mol. The number of nitrogens with zero attached hydrogens (tertiary/aromatic N) is 2. The molecule has 0 radical (unpaired) electrons. The monoisotopic (exact) mass is 331 g/mol. The molecule has 0 saturated carbocycles. The van der Waals surface area contributed by atoms with Gasteiger partial charge in [-0.3, -0.25) is 9.79 Å². The lowest BCUT2D eigenvalue weighted by Gasteiger charge is -2.30. The number of hydrogen-bond acceptors (Lipinski definition) is 3. The van der Waals surface area contributed by atoms with Gasteiger partial charge in [-0.15, -0.1) is 0 Å². The van der Waals surface area contributed by atoms with Crippen LogP contribution in [-0.4, -0.2) is 42.8 Å². The number of carbonyl (C=O) groups is 1. The molecule has 1 aliphatic rings. The summed E-state index contributed by atoms with van der Waals surface area (Å²) in [5, 5.41) is 0. The molecule has 0 aromatic heterocycles. The van der Waals surface area contributed by atoms with Crippen molar-refractivity contribution in [2.24, 2.45) is 16.6 Å². The minimum atomic E-state index is -4.47. The van der Waals surface area contributed by atoms with Crippen LogP contribution in [0.4, 0.5) is 13.2 Å². The maximum absolute atomic E-state index is 12.4. The zero-order valence-electron chi connectivity index (χ0n) is 13.6. The Kier molecular flexibility index (Phi) is 7.00. The first kappa shape index (κ1) is 19.4. The number of alkyl halides is 3. The predicted molar refractivity (Wildman–Crippen MR) is 85.0 cm³/mol. The van der Waals surface area contributed by atoms with Crippen LogP contribution in [0.2, 0.25) is 0 Å². The van der Waals surface area contributed by atoms with Crippen LogP contribution in [-0.2, 0) is 4.79 Å². The van der Waals surface area contributed by atoms with Crippen molar-refractivity contribution in [3.8, 4) is 0 Å². The van der Waals surface area contributed by atoms with E-state index in [0.29, 0.717) is 31.8 Å². The zero-order chi connectivity index (χ0) is 17.6. The van der Waals surface area contributed by atoms with Gasteiger partial charge in [-0.1, -0.05) is 13.5 Å². The van der Waals surface area contributed by atoms with Gasteiger partial charge in [0.05, 0.1) is 5.57 Å². The molecule has 1 amide bonds. The second kappa shape index (κ2) is 8.29. The summed E-state index contributed by atoms with van der Waals surface area (Å²) in [6.07, 6.45) is -1.73. The number of halogens is 3.